The summed E-state index contributed by atoms with van der Waals surface area (Å²) < 4.78 is 7.52. The molecule has 3 atom stereocenters. The third-order valence-corrected chi connectivity index (χ3v) is 6.60. The van der Waals surface area contributed by atoms with Gasteiger partial charge < -0.3 is 19.9 Å². The van der Waals surface area contributed by atoms with Gasteiger partial charge in [-0.25, -0.2) is 0 Å². The lowest BCUT2D eigenvalue weighted by molar-refractivity contribution is 0.0779. The van der Waals surface area contributed by atoms with Gasteiger partial charge >= 0.3 is 0 Å². The average molecular weight is 392 g/mol. The van der Waals surface area contributed by atoms with Crippen LogP contribution in [0.2, 0.25) is 0 Å². The molecule has 0 radical (unpaired) electrons. The van der Waals surface area contributed by atoms with Crippen molar-refractivity contribution in [3.8, 4) is 0 Å². The molecule has 1 saturated heterocycles. The first kappa shape index (κ1) is 20.2. The topological polar surface area (TPSA) is 60.5 Å². The van der Waals surface area contributed by atoms with E-state index in [0.29, 0.717) is 18.4 Å². The van der Waals surface area contributed by atoms with Crippen molar-refractivity contribution in [1.29, 1.82) is 0 Å². The smallest absolute Gasteiger partial charge is 0.253 e. The zero-order chi connectivity index (χ0) is 18.4. The molecule has 1 amide bonds. The van der Waals surface area contributed by atoms with E-state index in [1.165, 1.54) is 22.2 Å². The zero-order valence-corrected chi connectivity index (χ0v) is 17.2. The minimum absolute atomic E-state index is 0. The summed E-state index contributed by atoms with van der Waals surface area (Å²) >= 11 is 0. The summed E-state index contributed by atoms with van der Waals surface area (Å²) in [4.78, 5) is 15.1. The van der Waals surface area contributed by atoms with Crippen LogP contribution < -0.4 is 5.73 Å². The van der Waals surface area contributed by atoms with Gasteiger partial charge in [0.05, 0.1) is 6.61 Å². The van der Waals surface area contributed by atoms with E-state index in [9.17, 15) is 4.79 Å². The number of carbonyl (C=O) groups is 1. The number of methoxy groups -OCH3 is 1. The number of halogens is 1. The number of ether oxygens (including phenoxy) is 1. The van der Waals surface area contributed by atoms with Crippen LogP contribution in [-0.2, 0) is 11.3 Å². The number of aryl methyl sites for hydroxylation is 1. The van der Waals surface area contributed by atoms with Gasteiger partial charge in [-0.1, -0.05) is 0 Å². The van der Waals surface area contributed by atoms with Crippen molar-refractivity contribution in [2.24, 2.45) is 17.6 Å². The molecular weight excluding hydrogens is 362 g/mol. The van der Waals surface area contributed by atoms with Crippen molar-refractivity contribution in [2.75, 3.05) is 26.8 Å². The summed E-state index contributed by atoms with van der Waals surface area (Å²) in [6.45, 7) is 7.45. The van der Waals surface area contributed by atoms with Gasteiger partial charge in [-0.2, -0.15) is 0 Å². The van der Waals surface area contributed by atoms with Crippen molar-refractivity contribution in [2.45, 2.75) is 39.3 Å². The maximum atomic E-state index is 13.1. The third-order valence-electron chi connectivity index (χ3n) is 6.60. The van der Waals surface area contributed by atoms with Gasteiger partial charge in [-0.15, -0.1) is 12.4 Å². The number of rotatable bonds is 4. The molecule has 0 spiro atoms. The zero-order valence-electron chi connectivity index (χ0n) is 16.4. The van der Waals surface area contributed by atoms with E-state index in [-0.39, 0.29) is 24.4 Å². The molecule has 27 heavy (non-hydrogen) atoms. The van der Waals surface area contributed by atoms with Gasteiger partial charge in [-0.3, -0.25) is 4.79 Å². The number of carbonyl (C=O) groups excluding carboxylic acids is 1. The highest BCUT2D eigenvalue weighted by atomic mass is 35.5. The van der Waals surface area contributed by atoms with Crippen LogP contribution in [0.5, 0.6) is 0 Å². The van der Waals surface area contributed by atoms with Crippen LogP contribution in [0.25, 0.3) is 10.9 Å². The van der Waals surface area contributed by atoms with Crippen molar-refractivity contribution in [3.05, 3.63) is 35.0 Å². The van der Waals surface area contributed by atoms with E-state index >= 15 is 0 Å². The third kappa shape index (κ3) is 3.37. The molecule has 2 heterocycles. The molecule has 3 unspecified atom stereocenters. The largest absolute Gasteiger partial charge is 0.383 e. The summed E-state index contributed by atoms with van der Waals surface area (Å²) in [5, 5.41) is 1.17. The van der Waals surface area contributed by atoms with E-state index in [0.717, 1.165) is 38.0 Å². The summed E-state index contributed by atoms with van der Waals surface area (Å²) in [6, 6.07) is 6.39. The summed E-state index contributed by atoms with van der Waals surface area (Å²) in [7, 11) is 1.72. The second-order valence-electron chi connectivity index (χ2n) is 7.96. The molecule has 2 aromatic rings. The minimum Gasteiger partial charge on any atom is -0.383 e. The minimum atomic E-state index is 0. The number of benzene rings is 1. The molecule has 2 N–H and O–H groups in total. The van der Waals surface area contributed by atoms with Crippen molar-refractivity contribution < 1.29 is 9.53 Å². The molecule has 5 nitrogen and oxygen atoms in total. The van der Waals surface area contributed by atoms with E-state index in [4.69, 9.17) is 10.5 Å². The van der Waals surface area contributed by atoms with Crippen molar-refractivity contribution >= 4 is 29.2 Å². The Labute approximate surface area is 167 Å². The quantitative estimate of drug-likeness (QED) is 0.870. The number of hydrogen-bond donors (Lipinski definition) is 1. The van der Waals surface area contributed by atoms with Gasteiger partial charge in [0.1, 0.15) is 0 Å². The van der Waals surface area contributed by atoms with Crippen LogP contribution in [0, 0.1) is 25.7 Å². The number of nitrogens with two attached hydrogens (primary N) is 1. The molecule has 1 aliphatic carbocycles. The Hall–Kier alpha value is -1.56. The summed E-state index contributed by atoms with van der Waals surface area (Å²) in [5.41, 5.74) is 10.7. The second-order valence-corrected chi connectivity index (χ2v) is 7.96. The molecule has 1 aliphatic heterocycles. The van der Waals surface area contributed by atoms with Crippen LogP contribution >= 0.6 is 12.4 Å². The normalized spacial score (nSPS) is 24.3. The molecule has 0 bridgehead atoms. The molecule has 6 heteroatoms. The van der Waals surface area contributed by atoms with Gasteiger partial charge in [0.15, 0.2) is 0 Å². The van der Waals surface area contributed by atoms with E-state index in [1.807, 2.05) is 11.0 Å². The van der Waals surface area contributed by atoms with Crippen LogP contribution in [-0.4, -0.2) is 48.2 Å². The molecule has 1 aromatic carbocycles. The molecule has 2 fully saturated rings. The highest BCUT2D eigenvalue weighted by molar-refractivity contribution is 5.99. The van der Waals surface area contributed by atoms with Gasteiger partial charge in [0.2, 0.25) is 0 Å². The first-order valence-electron chi connectivity index (χ1n) is 9.64. The first-order chi connectivity index (χ1) is 12.5. The average Bonchev–Trinajstić information content (AvgIpc) is 3.28. The lowest BCUT2D eigenvalue weighted by Gasteiger charge is -2.19. The number of amides is 1. The predicted octanol–water partition coefficient (Wildman–Crippen LogP) is 3.14. The molecule has 4 rings (SSSR count). The van der Waals surface area contributed by atoms with Crippen LogP contribution in [0.15, 0.2) is 18.2 Å². The SMILES string of the molecule is COCCn1c(C)c(C)c2cc(C(=O)N3CC4CCC(N)C4C3)ccc21.Cl. The van der Waals surface area contributed by atoms with Crippen LogP contribution in [0.3, 0.4) is 0 Å². The molecule has 2 aliphatic rings. The van der Waals surface area contributed by atoms with Crippen LogP contribution in [0.4, 0.5) is 0 Å². The monoisotopic (exact) mass is 391 g/mol. The first-order valence-corrected chi connectivity index (χ1v) is 9.64. The predicted molar refractivity (Wildman–Crippen MR) is 111 cm³/mol. The molecule has 148 valence electrons. The Morgan fingerprint density at radius 2 is 2.04 bits per heavy atom. The van der Waals surface area contributed by atoms with Crippen molar-refractivity contribution in [3.63, 3.8) is 0 Å². The fourth-order valence-corrected chi connectivity index (χ4v) is 4.91. The fraction of sp³-hybridized carbons (Fsp3) is 0.571. The lowest BCUT2D eigenvalue weighted by Crippen LogP contribution is -2.33. The number of hydrogen-bond acceptors (Lipinski definition) is 3. The van der Waals surface area contributed by atoms with Gasteiger partial charge in [0, 0.05) is 54.9 Å². The molecular formula is C21H30ClN3O2. The highest BCUT2D eigenvalue weighted by Crippen LogP contribution is 2.38. The Bertz CT molecular complexity index is 848. The molecule has 1 aromatic heterocycles. The Balaban J connectivity index is 0.00000210. The van der Waals surface area contributed by atoms with Gasteiger partial charge in [0.25, 0.3) is 5.91 Å². The number of nitrogens with zero attached hydrogens (tertiary/aromatic N) is 2. The molecule has 1 saturated carbocycles. The van der Waals surface area contributed by atoms with E-state index < -0.39 is 0 Å². The highest BCUT2D eigenvalue weighted by Gasteiger charge is 2.42. The number of fused-ring (bicyclic) bond motifs is 2. The lowest BCUT2D eigenvalue weighted by atomic mass is 9.98. The fourth-order valence-electron chi connectivity index (χ4n) is 4.91. The maximum absolute atomic E-state index is 13.1. The summed E-state index contributed by atoms with van der Waals surface area (Å²) in [5.74, 6) is 1.23. The Kier molecular flexibility index (Phi) is 5.84. The van der Waals surface area contributed by atoms with Gasteiger partial charge in [-0.05, 0) is 62.3 Å². The van der Waals surface area contributed by atoms with Crippen LogP contribution in [0.1, 0.15) is 34.5 Å². The summed E-state index contributed by atoms with van der Waals surface area (Å²) in [6.07, 6.45) is 2.27. The Morgan fingerprint density at radius 3 is 2.74 bits per heavy atom. The maximum Gasteiger partial charge on any atom is 0.253 e. The number of aromatic nitrogens is 1. The standard InChI is InChI=1S/C21H29N3O2.ClH/c1-13-14(2)24(8-9-26-3)20-7-5-15(10-17(13)20)21(25)23-11-16-4-6-19(22)18(16)12-23;/h5,7,10,16,18-19H,4,6,8-9,11-12,22H2,1-3H3;1H. The van der Waals surface area contributed by atoms with E-state index in [2.05, 4.69) is 30.5 Å². The second kappa shape index (κ2) is 7.82. The van der Waals surface area contributed by atoms with Crippen molar-refractivity contribution in [1.82, 2.24) is 9.47 Å². The Morgan fingerprint density at radius 1 is 1.26 bits per heavy atom. The van der Waals surface area contributed by atoms with E-state index in [1.54, 1.807) is 7.11 Å². The number of likely N-dealkylation sites (tertiary alicyclic amines) is 1.